The van der Waals surface area contributed by atoms with Gasteiger partial charge in [0.1, 0.15) is 23.3 Å². The van der Waals surface area contributed by atoms with Crippen LogP contribution in [0.5, 0.6) is 0 Å². The van der Waals surface area contributed by atoms with Gasteiger partial charge in [-0.05, 0) is 169 Å². The summed E-state index contributed by atoms with van der Waals surface area (Å²) in [5, 5.41) is 12.4. The lowest BCUT2D eigenvalue weighted by molar-refractivity contribution is 0.566. The standard InChI is InChI=1S/C59H36F4/c1-33-32-40(63)30-31-41(33)53-57-49-17-9-5-13-45(49)44-12-4-8-16-48(44)56(57)52(36-22-28-39(62)29-23-36)59(53)58-50(34-18-24-37(60)25-19-34)54-46-14-6-2-10-42(46)43-11-3-7-15-47(43)55(54)51(58)35-20-26-38(61)27-21-35/h2-33,41H,1H3/t33-,41?/m1/s1. The summed E-state index contributed by atoms with van der Waals surface area (Å²) in [7, 11) is 0. The Morgan fingerprint density at radius 1 is 0.333 bits per heavy atom. The predicted octanol–water partition coefficient (Wildman–Crippen LogP) is 12.2. The zero-order valence-corrected chi connectivity index (χ0v) is 34.1. The molecule has 0 spiro atoms. The molecule has 0 amide bonds. The molecule has 0 fully saturated rings. The zero-order chi connectivity index (χ0) is 42.5. The first-order valence-corrected chi connectivity index (χ1v) is 21.3. The Bertz CT molecular complexity index is 3690. The first-order valence-electron chi connectivity index (χ1n) is 21.3. The van der Waals surface area contributed by atoms with Crippen LogP contribution < -0.4 is 20.9 Å². The van der Waals surface area contributed by atoms with E-state index in [0.29, 0.717) is 0 Å². The molecule has 0 N–H and O–H groups in total. The summed E-state index contributed by atoms with van der Waals surface area (Å²) < 4.78 is 60.8. The van der Waals surface area contributed by atoms with Crippen LogP contribution in [0.2, 0.25) is 0 Å². The molecule has 0 saturated heterocycles. The average Bonchev–Trinajstić information content (AvgIpc) is 3.85. The number of hydrogen-bond acceptors (Lipinski definition) is 0. The molecule has 3 aliphatic rings. The molecule has 9 aromatic rings. The van der Waals surface area contributed by atoms with Crippen molar-refractivity contribution in [3.63, 3.8) is 0 Å². The highest BCUT2D eigenvalue weighted by Crippen LogP contribution is 2.49. The fourth-order valence-electron chi connectivity index (χ4n) is 10.8. The number of allylic oxidation sites excluding steroid dienone is 6. The monoisotopic (exact) mass is 820 g/mol. The van der Waals surface area contributed by atoms with E-state index in [2.05, 4.69) is 104 Å². The number of rotatable bonds is 4. The molecule has 63 heavy (non-hydrogen) atoms. The summed E-state index contributed by atoms with van der Waals surface area (Å²) in [6.45, 7) is 2.06. The highest BCUT2D eigenvalue weighted by Gasteiger charge is 2.38. The summed E-state index contributed by atoms with van der Waals surface area (Å²) in [6.07, 6.45) is 5.25. The molecule has 0 aromatic heterocycles. The molecule has 0 heterocycles. The maximum atomic E-state index is 15.4. The van der Waals surface area contributed by atoms with E-state index < -0.39 is 0 Å². The summed E-state index contributed by atoms with van der Waals surface area (Å²) >= 11 is 0. The minimum atomic E-state index is -0.357. The Labute approximate surface area is 360 Å². The molecule has 4 heteroatoms. The second-order valence-corrected chi connectivity index (χ2v) is 16.8. The van der Waals surface area contributed by atoms with E-state index in [4.69, 9.17) is 0 Å². The molecule has 9 aromatic carbocycles. The van der Waals surface area contributed by atoms with Gasteiger partial charge >= 0.3 is 0 Å². The normalized spacial score (nSPS) is 17.1. The maximum Gasteiger partial charge on any atom is 0.123 e. The van der Waals surface area contributed by atoms with Crippen molar-refractivity contribution in [2.75, 3.05) is 0 Å². The fourth-order valence-corrected chi connectivity index (χ4v) is 10.8. The van der Waals surface area contributed by atoms with Crippen LogP contribution in [0.3, 0.4) is 0 Å². The first kappa shape index (κ1) is 37.2. The van der Waals surface area contributed by atoms with Crippen LogP contribution in [-0.2, 0) is 0 Å². The number of halogens is 4. The Hall–Kier alpha value is -7.56. The maximum absolute atomic E-state index is 15.4. The van der Waals surface area contributed by atoms with E-state index in [0.717, 1.165) is 114 Å². The molecule has 0 bridgehead atoms. The van der Waals surface area contributed by atoms with Gasteiger partial charge in [-0.2, -0.15) is 0 Å². The van der Waals surface area contributed by atoms with Crippen LogP contribution in [0.15, 0.2) is 205 Å². The van der Waals surface area contributed by atoms with Crippen molar-refractivity contribution in [1.29, 1.82) is 0 Å². The second-order valence-electron chi connectivity index (χ2n) is 16.8. The number of hydrogen-bond donors (Lipinski definition) is 0. The molecule has 0 aliphatic heterocycles. The van der Waals surface area contributed by atoms with Crippen LogP contribution in [0.4, 0.5) is 17.6 Å². The van der Waals surface area contributed by atoms with Crippen LogP contribution in [-0.4, -0.2) is 0 Å². The van der Waals surface area contributed by atoms with Gasteiger partial charge in [0.15, 0.2) is 0 Å². The minimum Gasteiger partial charge on any atom is -0.207 e. The highest BCUT2D eigenvalue weighted by molar-refractivity contribution is 6.20. The number of fused-ring (bicyclic) bond motifs is 12. The molecule has 3 aliphatic carbocycles. The van der Waals surface area contributed by atoms with Gasteiger partial charge in [-0.1, -0.05) is 146 Å². The Morgan fingerprint density at radius 3 is 1.02 bits per heavy atom. The second kappa shape index (κ2) is 14.3. The molecular formula is C59H36F4. The van der Waals surface area contributed by atoms with Crippen molar-refractivity contribution in [3.05, 3.63) is 260 Å². The van der Waals surface area contributed by atoms with Gasteiger partial charge in [-0.25, -0.2) is 17.6 Å². The van der Waals surface area contributed by atoms with Crippen LogP contribution in [0.1, 0.15) is 23.6 Å². The third kappa shape index (κ3) is 5.60. The average molecular weight is 821 g/mol. The summed E-state index contributed by atoms with van der Waals surface area (Å²) in [4.78, 5) is 0. The van der Waals surface area contributed by atoms with Gasteiger partial charge in [0.25, 0.3) is 0 Å². The van der Waals surface area contributed by atoms with E-state index in [1.54, 1.807) is 12.2 Å². The van der Waals surface area contributed by atoms with E-state index in [-0.39, 0.29) is 35.1 Å². The molecule has 0 nitrogen and oxygen atoms in total. The van der Waals surface area contributed by atoms with E-state index in [1.165, 1.54) is 36.4 Å². The Morgan fingerprint density at radius 2 is 0.651 bits per heavy atom. The molecule has 2 atom stereocenters. The summed E-state index contributed by atoms with van der Waals surface area (Å²) in [5.41, 5.74) is 7.94. The largest absolute Gasteiger partial charge is 0.207 e. The lowest BCUT2D eigenvalue weighted by Crippen LogP contribution is -2.29. The molecular weight excluding hydrogens is 785 g/mol. The molecule has 12 rings (SSSR count). The van der Waals surface area contributed by atoms with E-state index >= 15 is 17.6 Å². The van der Waals surface area contributed by atoms with Gasteiger partial charge in [0.05, 0.1) is 0 Å². The molecule has 0 radical (unpaired) electrons. The van der Waals surface area contributed by atoms with Crippen molar-refractivity contribution in [2.24, 2.45) is 11.8 Å². The van der Waals surface area contributed by atoms with Gasteiger partial charge in [0, 0.05) is 5.92 Å². The zero-order valence-electron chi connectivity index (χ0n) is 34.1. The SMILES string of the molecule is C[C@@H]1C=C(F)C=CC1C1=c2c(c3ccccc3c3ccccc23)=C(c2ccc(F)cc2)C1=C1C(c2ccc(F)cc2)=c2c(c3ccccc3c3ccccc23)=C1c1ccc(F)cc1. The fraction of sp³-hybridized carbons (Fsp3) is 0.0508. The predicted molar refractivity (Wildman–Crippen MR) is 250 cm³/mol. The first-order chi connectivity index (χ1) is 30.9. The van der Waals surface area contributed by atoms with Gasteiger partial charge in [-0.15, -0.1) is 0 Å². The highest BCUT2D eigenvalue weighted by atomic mass is 19.1. The lowest BCUT2D eigenvalue weighted by atomic mass is 9.75. The van der Waals surface area contributed by atoms with Crippen molar-refractivity contribution in [1.82, 2.24) is 0 Å². The summed E-state index contributed by atoms with van der Waals surface area (Å²) in [5.74, 6) is -1.93. The van der Waals surface area contributed by atoms with Crippen molar-refractivity contribution < 1.29 is 17.6 Å². The number of benzene rings is 9. The van der Waals surface area contributed by atoms with Gasteiger partial charge in [0.2, 0.25) is 0 Å². The quantitative estimate of drug-likeness (QED) is 0.123. The van der Waals surface area contributed by atoms with Crippen LogP contribution >= 0.6 is 0 Å². The Balaban J connectivity index is 1.45. The molecule has 1 unspecified atom stereocenters. The topological polar surface area (TPSA) is 0 Å². The smallest absolute Gasteiger partial charge is 0.123 e. The third-order valence-electron chi connectivity index (χ3n) is 13.3. The van der Waals surface area contributed by atoms with E-state index in [9.17, 15) is 0 Å². The van der Waals surface area contributed by atoms with Crippen molar-refractivity contribution in [3.8, 4) is 0 Å². The van der Waals surface area contributed by atoms with Gasteiger partial charge in [-0.3, -0.25) is 0 Å². The van der Waals surface area contributed by atoms with E-state index in [1.807, 2.05) is 42.5 Å². The molecule has 300 valence electrons. The van der Waals surface area contributed by atoms with Crippen LogP contribution in [0.25, 0.3) is 65.4 Å². The third-order valence-corrected chi connectivity index (χ3v) is 13.3. The van der Waals surface area contributed by atoms with Crippen LogP contribution in [0, 0.1) is 29.3 Å². The summed E-state index contributed by atoms with van der Waals surface area (Å²) in [6, 6.07) is 53.8. The Kier molecular flexibility index (Phi) is 8.42. The molecule has 0 saturated carbocycles. The van der Waals surface area contributed by atoms with Gasteiger partial charge < -0.3 is 0 Å². The van der Waals surface area contributed by atoms with Crippen molar-refractivity contribution >= 4 is 65.4 Å². The minimum absolute atomic E-state index is 0.264. The van der Waals surface area contributed by atoms with Crippen molar-refractivity contribution in [2.45, 2.75) is 6.92 Å². The lowest BCUT2D eigenvalue weighted by Gasteiger charge is -2.28.